The molecule has 6 heteroatoms. The van der Waals surface area contributed by atoms with Crippen LogP contribution in [0.2, 0.25) is 4.34 Å². The van der Waals surface area contributed by atoms with Gasteiger partial charge in [-0.1, -0.05) is 18.5 Å². The van der Waals surface area contributed by atoms with E-state index in [-0.39, 0.29) is 11.8 Å². The van der Waals surface area contributed by atoms with E-state index in [1.54, 1.807) is 0 Å². The molecule has 0 fully saturated rings. The molecule has 0 radical (unpaired) electrons. The molecule has 1 heterocycles. The van der Waals surface area contributed by atoms with Gasteiger partial charge in [-0.2, -0.15) is 0 Å². The van der Waals surface area contributed by atoms with Gasteiger partial charge in [0, 0.05) is 17.2 Å². The first-order valence-corrected chi connectivity index (χ1v) is 8.84. The van der Waals surface area contributed by atoms with Crippen LogP contribution in [0.3, 0.4) is 0 Å². The molecule has 0 aliphatic rings. The molecule has 0 aliphatic heterocycles. The maximum absolute atomic E-state index is 11.2. The molecule has 0 amide bonds. The lowest BCUT2D eigenvalue weighted by atomic mass is 10.2. The van der Waals surface area contributed by atoms with Gasteiger partial charge in [-0.15, -0.1) is 11.3 Å². The highest BCUT2D eigenvalue weighted by Crippen LogP contribution is 2.28. The van der Waals surface area contributed by atoms with Crippen molar-refractivity contribution in [1.29, 1.82) is 0 Å². The molecule has 0 aromatic carbocycles. The molecule has 3 nitrogen and oxygen atoms in total. The van der Waals surface area contributed by atoms with E-state index in [1.165, 1.54) is 17.6 Å². The molecular weight excluding hydrogens is 278 g/mol. The van der Waals surface area contributed by atoms with Crippen LogP contribution in [0.15, 0.2) is 12.1 Å². The number of nitrogens with one attached hydrogen (secondary N) is 1. The third-order valence-electron chi connectivity index (χ3n) is 2.36. The smallest absolute Gasteiger partial charge is 0.147 e. The second-order valence-corrected chi connectivity index (χ2v) is 8.07. The standard InChI is InChI=1S/C11H18ClNO2S2/c1-3-7-13-9(6-8-17(2,14)15)10-4-5-11(12)16-10/h4-5,9,13H,3,6-8H2,1-2H3. The number of hydrogen-bond acceptors (Lipinski definition) is 4. The summed E-state index contributed by atoms with van der Waals surface area (Å²) in [6.45, 7) is 2.96. The zero-order valence-corrected chi connectivity index (χ0v) is 12.5. The zero-order valence-electron chi connectivity index (χ0n) is 10.1. The Hall–Kier alpha value is -0.100. The quantitative estimate of drug-likeness (QED) is 0.841. The normalized spacial score (nSPS) is 13.8. The SMILES string of the molecule is CCCNC(CCS(C)(=O)=O)c1ccc(Cl)s1. The second kappa shape index (κ2) is 6.73. The Morgan fingerprint density at radius 2 is 2.18 bits per heavy atom. The van der Waals surface area contributed by atoms with E-state index in [0.717, 1.165) is 22.2 Å². The molecule has 0 bridgehead atoms. The van der Waals surface area contributed by atoms with Crippen molar-refractivity contribution in [2.45, 2.75) is 25.8 Å². The number of sulfone groups is 1. The summed E-state index contributed by atoms with van der Waals surface area (Å²) in [6, 6.07) is 3.90. The zero-order chi connectivity index (χ0) is 12.9. The average molecular weight is 296 g/mol. The predicted octanol–water partition coefficient (Wildman–Crippen LogP) is 2.88. The van der Waals surface area contributed by atoms with Crippen molar-refractivity contribution in [2.24, 2.45) is 0 Å². The summed E-state index contributed by atoms with van der Waals surface area (Å²) in [6.07, 6.45) is 2.88. The minimum Gasteiger partial charge on any atom is -0.309 e. The molecule has 1 N–H and O–H groups in total. The van der Waals surface area contributed by atoms with Crippen molar-refractivity contribution in [3.05, 3.63) is 21.3 Å². The van der Waals surface area contributed by atoms with E-state index in [4.69, 9.17) is 11.6 Å². The molecular formula is C11H18ClNO2S2. The van der Waals surface area contributed by atoms with Gasteiger partial charge in [-0.3, -0.25) is 0 Å². The molecule has 1 aromatic heterocycles. The lowest BCUT2D eigenvalue weighted by Gasteiger charge is -2.16. The van der Waals surface area contributed by atoms with E-state index < -0.39 is 9.84 Å². The summed E-state index contributed by atoms with van der Waals surface area (Å²) in [7, 11) is -2.91. The summed E-state index contributed by atoms with van der Waals surface area (Å²) in [5.41, 5.74) is 0. The fraction of sp³-hybridized carbons (Fsp3) is 0.636. The molecule has 0 spiro atoms. The van der Waals surface area contributed by atoms with E-state index in [0.29, 0.717) is 6.42 Å². The molecule has 1 atom stereocenters. The summed E-state index contributed by atoms with van der Waals surface area (Å²) < 4.78 is 23.1. The third-order valence-corrected chi connectivity index (χ3v) is 4.68. The minimum atomic E-state index is -2.91. The van der Waals surface area contributed by atoms with Gasteiger partial charge < -0.3 is 5.32 Å². The number of thiophene rings is 1. The lowest BCUT2D eigenvalue weighted by Crippen LogP contribution is -2.23. The Bertz CT molecular complexity index is 442. The molecule has 0 aliphatic carbocycles. The van der Waals surface area contributed by atoms with Crippen molar-refractivity contribution >= 4 is 32.8 Å². The van der Waals surface area contributed by atoms with Gasteiger partial charge in [-0.05, 0) is 31.5 Å². The Morgan fingerprint density at radius 3 is 2.65 bits per heavy atom. The van der Waals surface area contributed by atoms with Crippen molar-refractivity contribution in [1.82, 2.24) is 5.32 Å². The average Bonchev–Trinajstić information content (AvgIpc) is 2.63. The number of halogens is 1. The van der Waals surface area contributed by atoms with Crippen LogP contribution in [-0.2, 0) is 9.84 Å². The van der Waals surface area contributed by atoms with Gasteiger partial charge in [0.15, 0.2) is 0 Å². The molecule has 17 heavy (non-hydrogen) atoms. The Morgan fingerprint density at radius 1 is 1.47 bits per heavy atom. The Labute approximate surface area is 112 Å². The first-order chi connectivity index (χ1) is 7.92. The highest BCUT2D eigenvalue weighted by atomic mass is 35.5. The highest BCUT2D eigenvalue weighted by Gasteiger charge is 2.15. The first-order valence-electron chi connectivity index (χ1n) is 5.58. The van der Waals surface area contributed by atoms with Crippen LogP contribution in [0.5, 0.6) is 0 Å². The molecule has 0 saturated carbocycles. The van der Waals surface area contributed by atoms with Crippen LogP contribution >= 0.6 is 22.9 Å². The van der Waals surface area contributed by atoms with E-state index in [9.17, 15) is 8.42 Å². The number of rotatable bonds is 7. The van der Waals surface area contributed by atoms with E-state index in [2.05, 4.69) is 12.2 Å². The summed E-state index contributed by atoms with van der Waals surface area (Å²) in [5, 5.41) is 3.36. The van der Waals surface area contributed by atoms with Crippen LogP contribution in [0.1, 0.15) is 30.7 Å². The van der Waals surface area contributed by atoms with Crippen molar-refractivity contribution in [2.75, 3.05) is 18.6 Å². The Balaban J connectivity index is 2.67. The maximum atomic E-state index is 11.2. The predicted molar refractivity (Wildman–Crippen MR) is 74.7 cm³/mol. The summed E-state index contributed by atoms with van der Waals surface area (Å²) in [4.78, 5) is 1.10. The van der Waals surface area contributed by atoms with Crippen LogP contribution in [0.25, 0.3) is 0 Å². The number of hydrogen-bond donors (Lipinski definition) is 1. The molecule has 98 valence electrons. The minimum absolute atomic E-state index is 0.0853. The fourth-order valence-electron chi connectivity index (χ4n) is 1.51. The second-order valence-electron chi connectivity index (χ2n) is 4.07. The van der Waals surface area contributed by atoms with E-state index >= 15 is 0 Å². The van der Waals surface area contributed by atoms with Gasteiger partial charge in [0.05, 0.1) is 10.1 Å². The van der Waals surface area contributed by atoms with Gasteiger partial charge in [-0.25, -0.2) is 8.42 Å². The highest BCUT2D eigenvalue weighted by molar-refractivity contribution is 7.90. The fourth-order valence-corrected chi connectivity index (χ4v) is 3.35. The van der Waals surface area contributed by atoms with E-state index in [1.807, 2.05) is 12.1 Å². The lowest BCUT2D eigenvalue weighted by molar-refractivity contribution is 0.520. The van der Waals surface area contributed by atoms with Crippen molar-refractivity contribution in [3.63, 3.8) is 0 Å². The van der Waals surface area contributed by atoms with Crippen molar-refractivity contribution < 1.29 is 8.42 Å². The first kappa shape index (κ1) is 15.0. The van der Waals surface area contributed by atoms with Gasteiger partial charge in [0.2, 0.25) is 0 Å². The van der Waals surface area contributed by atoms with Gasteiger partial charge >= 0.3 is 0 Å². The summed E-state index contributed by atoms with van der Waals surface area (Å²) in [5.74, 6) is 0.198. The third kappa shape index (κ3) is 5.86. The van der Waals surface area contributed by atoms with Gasteiger partial charge in [0.1, 0.15) is 9.84 Å². The maximum Gasteiger partial charge on any atom is 0.147 e. The van der Waals surface area contributed by atoms with Crippen LogP contribution < -0.4 is 5.32 Å². The summed E-state index contributed by atoms with van der Waals surface area (Å²) >= 11 is 7.41. The largest absolute Gasteiger partial charge is 0.309 e. The topological polar surface area (TPSA) is 46.2 Å². The van der Waals surface area contributed by atoms with Crippen LogP contribution in [0.4, 0.5) is 0 Å². The molecule has 1 aromatic rings. The molecule has 1 rings (SSSR count). The van der Waals surface area contributed by atoms with Gasteiger partial charge in [0.25, 0.3) is 0 Å². The van der Waals surface area contributed by atoms with Crippen molar-refractivity contribution in [3.8, 4) is 0 Å². The Kier molecular flexibility index (Phi) is 5.92. The van der Waals surface area contributed by atoms with Crippen LogP contribution in [0, 0.1) is 0 Å². The molecule has 1 unspecified atom stereocenters. The monoisotopic (exact) mass is 295 g/mol. The molecule has 0 saturated heterocycles. The van der Waals surface area contributed by atoms with Crippen LogP contribution in [-0.4, -0.2) is 27.0 Å².